The van der Waals surface area contributed by atoms with Crippen LogP contribution in [0.3, 0.4) is 0 Å². The van der Waals surface area contributed by atoms with Crippen LogP contribution in [0.5, 0.6) is 11.5 Å². The molecule has 0 saturated carbocycles. The van der Waals surface area contributed by atoms with Crippen molar-refractivity contribution in [2.45, 2.75) is 13.8 Å². The number of hydrogen-bond acceptors (Lipinski definition) is 6. The number of phenolic OH excluding ortho intramolecular Hbond substituents is 1. The Balaban J connectivity index is 1.84. The van der Waals surface area contributed by atoms with E-state index in [9.17, 15) is 9.90 Å². The molecule has 168 valence electrons. The number of esters is 1. The lowest BCUT2D eigenvalue weighted by atomic mass is 9.98. The summed E-state index contributed by atoms with van der Waals surface area (Å²) < 4.78 is 11.5. The average Bonchev–Trinajstić information content (AvgIpc) is 3.15. The van der Waals surface area contributed by atoms with E-state index in [1.807, 2.05) is 37.3 Å². The summed E-state index contributed by atoms with van der Waals surface area (Å²) in [4.78, 5) is 18.5. The zero-order chi connectivity index (χ0) is 23.5. The molecule has 1 aromatic heterocycles. The maximum Gasteiger partial charge on any atom is 0.341 e. The molecule has 5 nitrogen and oxygen atoms in total. The minimum atomic E-state index is -0.419. The van der Waals surface area contributed by atoms with Crippen LogP contribution in [-0.2, 0) is 4.74 Å². The number of ether oxygens (including phenoxy) is 2. The van der Waals surface area contributed by atoms with Crippen LogP contribution in [-0.4, -0.2) is 31.0 Å². The fourth-order valence-corrected chi connectivity index (χ4v) is 5.01. The summed E-state index contributed by atoms with van der Waals surface area (Å²) in [5.74, 6) is 0.483. The van der Waals surface area contributed by atoms with Crippen LogP contribution in [0.25, 0.3) is 21.9 Å². The fourth-order valence-electron chi connectivity index (χ4n) is 3.62. The molecular weight excluding hydrogens is 502 g/mol. The molecule has 0 fully saturated rings. The third-order valence-corrected chi connectivity index (χ3v) is 6.70. The Hall–Kier alpha value is -3.16. The zero-order valence-electron chi connectivity index (χ0n) is 18.4. The number of halogens is 1. The van der Waals surface area contributed by atoms with Gasteiger partial charge in [0.25, 0.3) is 0 Å². The number of aryl methyl sites for hydroxylation is 1. The molecule has 4 aromatic rings. The van der Waals surface area contributed by atoms with E-state index < -0.39 is 5.97 Å². The highest BCUT2D eigenvalue weighted by Gasteiger charge is 2.24. The minimum Gasteiger partial charge on any atom is -0.507 e. The van der Waals surface area contributed by atoms with Gasteiger partial charge in [0.05, 0.1) is 13.7 Å². The van der Waals surface area contributed by atoms with E-state index >= 15 is 0 Å². The Bertz CT molecular complexity index is 1380. The fraction of sp³-hybridized carbons (Fsp3) is 0.154. The van der Waals surface area contributed by atoms with Gasteiger partial charge in [0.15, 0.2) is 0 Å². The quantitative estimate of drug-likeness (QED) is 0.213. The summed E-state index contributed by atoms with van der Waals surface area (Å²) in [5, 5.41) is 12.8. The van der Waals surface area contributed by atoms with E-state index in [1.54, 1.807) is 38.4 Å². The molecule has 0 aliphatic carbocycles. The van der Waals surface area contributed by atoms with Crippen molar-refractivity contribution in [1.82, 2.24) is 0 Å². The number of thiophene rings is 1. The smallest absolute Gasteiger partial charge is 0.341 e. The Morgan fingerprint density at radius 3 is 2.64 bits per heavy atom. The second kappa shape index (κ2) is 9.77. The predicted octanol–water partition coefficient (Wildman–Crippen LogP) is 7.28. The van der Waals surface area contributed by atoms with Crippen molar-refractivity contribution < 1.29 is 19.4 Å². The van der Waals surface area contributed by atoms with Gasteiger partial charge in [-0.2, -0.15) is 0 Å². The summed E-state index contributed by atoms with van der Waals surface area (Å²) in [7, 11) is 1.64. The summed E-state index contributed by atoms with van der Waals surface area (Å²) in [6, 6.07) is 17.1. The Morgan fingerprint density at radius 1 is 1.12 bits per heavy atom. The molecule has 0 spiro atoms. The van der Waals surface area contributed by atoms with Crippen molar-refractivity contribution in [2.75, 3.05) is 13.7 Å². The van der Waals surface area contributed by atoms with Gasteiger partial charge in [0, 0.05) is 26.7 Å². The molecule has 4 rings (SSSR count). The molecule has 1 heterocycles. The van der Waals surface area contributed by atoms with Crippen molar-refractivity contribution in [3.05, 3.63) is 75.1 Å². The summed E-state index contributed by atoms with van der Waals surface area (Å²) in [6.07, 6.45) is 1.56. The van der Waals surface area contributed by atoms with Crippen LogP contribution in [0.1, 0.15) is 27.7 Å². The SMILES string of the molecule is CCOC(=O)c1c(/N=C/c2cc(Br)ccc2O)sc(C)c1-c1ccc2cc(OC)ccc2c1. The van der Waals surface area contributed by atoms with Gasteiger partial charge in [0.2, 0.25) is 0 Å². The van der Waals surface area contributed by atoms with Gasteiger partial charge in [-0.05, 0) is 66.6 Å². The van der Waals surface area contributed by atoms with Gasteiger partial charge in [-0.3, -0.25) is 0 Å². The number of aromatic hydroxyl groups is 1. The van der Waals surface area contributed by atoms with E-state index in [4.69, 9.17) is 9.47 Å². The third kappa shape index (κ3) is 4.79. The van der Waals surface area contributed by atoms with Gasteiger partial charge < -0.3 is 14.6 Å². The number of carbonyl (C=O) groups is 1. The molecule has 7 heteroatoms. The molecule has 0 atom stereocenters. The van der Waals surface area contributed by atoms with Crippen LogP contribution in [0.15, 0.2) is 64.1 Å². The van der Waals surface area contributed by atoms with E-state index in [0.717, 1.165) is 37.0 Å². The Labute approximate surface area is 204 Å². The summed E-state index contributed by atoms with van der Waals surface area (Å²) in [6.45, 7) is 4.01. The van der Waals surface area contributed by atoms with Crippen molar-refractivity contribution in [3.63, 3.8) is 0 Å². The monoisotopic (exact) mass is 523 g/mol. The molecule has 0 aliphatic heterocycles. The number of carbonyl (C=O) groups excluding carboxylic acids is 1. The first-order valence-corrected chi connectivity index (χ1v) is 11.9. The molecule has 0 bridgehead atoms. The molecule has 3 aromatic carbocycles. The standard InChI is InChI=1S/C26H22BrNO4S/c1-4-32-26(30)24-23(18-6-5-17-13-21(31-3)9-7-16(17)11-18)15(2)33-25(24)28-14-19-12-20(27)8-10-22(19)29/h5-14,29H,4H2,1-3H3/b28-14+. The number of hydrogen-bond donors (Lipinski definition) is 1. The molecule has 33 heavy (non-hydrogen) atoms. The maximum absolute atomic E-state index is 13.0. The normalized spacial score (nSPS) is 11.3. The number of benzene rings is 3. The van der Waals surface area contributed by atoms with Crippen LogP contribution >= 0.6 is 27.3 Å². The first kappa shape index (κ1) is 23.0. The van der Waals surface area contributed by atoms with Gasteiger partial charge in [-0.25, -0.2) is 9.79 Å². The van der Waals surface area contributed by atoms with Crippen LogP contribution < -0.4 is 4.74 Å². The van der Waals surface area contributed by atoms with Crippen LogP contribution in [0.2, 0.25) is 0 Å². The highest BCUT2D eigenvalue weighted by atomic mass is 79.9. The van der Waals surface area contributed by atoms with E-state index in [1.165, 1.54) is 11.3 Å². The highest BCUT2D eigenvalue weighted by Crippen LogP contribution is 2.43. The molecule has 0 radical (unpaired) electrons. The minimum absolute atomic E-state index is 0.109. The topological polar surface area (TPSA) is 68.1 Å². The second-order valence-corrected chi connectivity index (χ2v) is 9.44. The molecule has 0 saturated heterocycles. The number of aliphatic imine (C=N–C) groups is 1. The largest absolute Gasteiger partial charge is 0.507 e. The predicted molar refractivity (Wildman–Crippen MR) is 138 cm³/mol. The van der Waals surface area contributed by atoms with E-state index in [2.05, 4.69) is 27.0 Å². The highest BCUT2D eigenvalue weighted by molar-refractivity contribution is 9.10. The first-order chi connectivity index (χ1) is 15.9. The second-order valence-electron chi connectivity index (χ2n) is 7.32. The Kier molecular flexibility index (Phi) is 6.81. The number of nitrogens with zero attached hydrogens (tertiary/aromatic N) is 1. The summed E-state index contributed by atoms with van der Waals surface area (Å²) in [5.41, 5.74) is 2.70. The lowest BCUT2D eigenvalue weighted by molar-refractivity contribution is 0.0528. The number of methoxy groups -OCH3 is 1. The molecule has 0 aliphatic rings. The molecule has 0 unspecified atom stereocenters. The van der Waals surface area contributed by atoms with Crippen molar-refractivity contribution in [3.8, 4) is 22.6 Å². The van der Waals surface area contributed by atoms with Gasteiger partial charge in [-0.1, -0.05) is 34.1 Å². The Morgan fingerprint density at radius 2 is 1.88 bits per heavy atom. The third-order valence-electron chi connectivity index (χ3n) is 5.19. The van der Waals surface area contributed by atoms with Crippen LogP contribution in [0.4, 0.5) is 5.00 Å². The summed E-state index contributed by atoms with van der Waals surface area (Å²) >= 11 is 4.82. The van der Waals surface area contributed by atoms with Gasteiger partial charge in [-0.15, -0.1) is 11.3 Å². The number of fused-ring (bicyclic) bond motifs is 1. The van der Waals surface area contributed by atoms with Crippen LogP contribution in [0, 0.1) is 6.92 Å². The average molecular weight is 524 g/mol. The first-order valence-electron chi connectivity index (χ1n) is 10.3. The van der Waals surface area contributed by atoms with E-state index in [-0.39, 0.29) is 12.4 Å². The molecule has 1 N–H and O–H groups in total. The maximum atomic E-state index is 13.0. The van der Waals surface area contributed by atoms with Crippen molar-refractivity contribution in [2.24, 2.45) is 4.99 Å². The van der Waals surface area contributed by atoms with Gasteiger partial charge >= 0.3 is 5.97 Å². The van der Waals surface area contributed by atoms with Crippen molar-refractivity contribution >= 4 is 55.2 Å². The zero-order valence-corrected chi connectivity index (χ0v) is 20.8. The van der Waals surface area contributed by atoms with Gasteiger partial charge in [0.1, 0.15) is 22.1 Å². The molecule has 0 amide bonds. The molecular formula is C26H22BrNO4S. The van der Waals surface area contributed by atoms with Crippen molar-refractivity contribution in [1.29, 1.82) is 0 Å². The number of phenols is 1. The van der Waals surface area contributed by atoms with E-state index in [0.29, 0.717) is 16.1 Å². The lowest BCUT2D eigenvalue weighted by Crippen LogP contribution is -2.05. The lowest BCUT2D eigenvalue weighted by Gasteiger charge is -2.09. The number of rotatable bonds is 6.